The lowest BCUT2D eigenvalue weighted by molar-refractivity contribution is -0.184. The van der Waals surface area contributed by atoms with Crippen molar-refractivity contribution in [3.05, 3.63) is 35.0 Å². The number of likely N-dealkylation sites (N-methyl/N-ethyl adjacent to an activating group) is 1. The Labute approximate surface area is 228 Å². The molecule has 3 aliphatic rings. The number of primary amides is 1. The number of aromatic hydroxyl groups is 1. The van der Waals surface area contributed by atoms with E-state index in [4.69, 9.17) is 15.2 Å². The lowest BCUT2D eigenvalue weighted by atomic mass is 9.54. The highest BCUT2D eigenvalue weighted by Gasteiger charge is 2.67. The van der Waals surface area contributed by atoms with Crippen LogP contribution in [0.25, 0.3) is 16.9 Å². The van der Waals surface area contributed by atoms with Crippen LogP contribution < -0.4 is 15.2 Å². The second-order valence-corrected chi connectivity index (χ2v) is 10.6. The van der Waals surface area contributed by atoms with Crippen molar-refractivity contribution >= 4 is 23.2 Å². The third kappa shape index (κ3) is 3.68. The van der Waals surface area contributed by atoms with Gasteiger partial charge in [-0.25, -0.2) is 4.98 Å². The summed E-state index contributed by atoms with van der Waals surface area (Å²) in [5.41, 5.74) is 3.84. The van der Waals surface area contributed by atoms with Gasteiger partial charge < -0.3 is 40.5 Å². The minimum Gasteiger partial charge on any atom is -0.507 e. The van der Waals surface area contributed by atoms with Gasteiger partial charge in [0.15, 0.2) is 11.4 Å². The van der Waals surface area contributed by atoms with Gasteiger partial charge in [0.05, 0.1) is 31.5 Å². The van der Waals surface area contributed by atoms with E-state index in [9.17, 15) is 34.8 Å². The number of aromatic nitrogens is 2. The summed E-state index contributed by atoms with van der Waals surface area (Å²) in [6.07, 6.45) is 0.0353. The highest BCUT2D eigenvalue weighted by molar-refractivity contribution is 6.25. The number of hydrogen-bond donors (Lipinski definition) is 5. The summed E-state index contributed by atoms with van der Waals surface area (Å²) in [6, 6.07) is 2.02. The van der Waals surface area contributed by atoms with Gasteiger partial charge >= 0.3 is 6.01 Å². The summed E-state index contributed by atoms with van der Waals surface area (Å²) in [6.45, 7) is 0. The molecule has 0 spiro atoms. The van der Waals surface area contributed by atoms with Gasteiger partial charge in [-0.1, -0.05) is 6.07 Å². The number of nitrogens with two attached hydrogens (primary N) is 1. The summed E-state index contributed by atoms with van der Waals surface area (Å²) >= 11 is 0. The largest absolute Gasteiger partial charge is 0.507 e. The fourth-order valence-electron chi connectivity index (χ4n) is 6.65. The third-order valence-corrected chi connectivity index (χ3v) is 8.37. The Bertz CT molecular complexity index is 1470. The van der Waals surface area contributed by atoms with E-state index in [-0.39, 0.29) is 41.6 Å². The van der Waals surface area contributed by atoms with Gasteiger partial charge in [-0.05, 0) is 50.0 Å². The smallest absolute Gasteiger partial charge is 0.319 e. The Morgan fingerprint density at radius 3 is 2.45 bits per heavy atom. The van der Waals surface area contributed by atoms with E-state index < -0.39 is 58.7 Å². The lowest BCUT2D eigenvalue weighted by Crippen LogP contribution is -2.73. The maximum absolute atomic E-state index is 14.0. The van der Waals surface area contributed by atoms with Crippen LogP contribution in [0.2, 0.25) is 0 Å². The number of ketones is 2. The minimum absolute atomic E-state index is 0.00352. The zero-order valence-electron chi connectivity index (χ0n) is 22.3. The summed E-state index contributed by atoms with van der Waals surface area (Å²) in [5.74, 6) is -7.85. The topological polar surface area (TPSA) is 206 Å². The molecule has 212 valence electrons. The Kier molecular flexibility index (Phi) is 6.56. The summed E-state index contributed by atoms with van der Waals surface area (Å²) < 4.78 is 10.5. The molecule has 0 aliphatic heterocycles. The number of amides is 1. The van der Waals surface area contributed by atoms with Crippen LogP contribution in [0, 0.1) is 17.8 Å². The number of nitrogens with zero attached hydrogens (tertiary/aromatic N) is 3. The van der Waals surface area contributed by atoms with Crippen molar-refractivity contribution in [3.8, 4) is 28.8 Å². The van der Waals surface area contributed by atoms with Crippen LogP contribution in [0.4, 0.5) is 0 Å². The summed E-state index contributed by atoms with van der Waals surface area (Å²) in [7, 11) is 6.01. The van der Waals surface area contributed by atoms with E-state index in [1.807, 2.05) is 0 Å². The van der Waals surface area contributed by atoms with Crippen LogP contribution >= 0.6 is 0 Å². The van der Waals surface area contributed by atoms with Crippen LogP contribution in [0.15, 0.2) is 23.9 Å². The molecule has 3 aliphatic carbocycles. The lowest BCUT2D eigenvalue weighted by Gasteiger charge is -2.53. The molecule has 40 heavy (non-hydrogen) atoms. The van der Waals surface area contributed by atoms with Crippen LogP contribution in [0.5, 0.6) is 17.6 Å². The van der Waals surface area contributed by atoms with Crippen LogP contribution in [0.3, 0.4) is 0 Å². The number of aliphatic hydroxyl groups excluding tert-OH is 2. The number of phenolic OH excluding ortho intramolecular Hbond substituents is 1. The molecule has 1 aromatic carbocycles. The van der Waals surface area contributed by atoms with Gasteiger partial charge in [-0.2, -0.15) is 4.98 Å². The molecule has 2 unspecified atom stereocenters. The molecule has 1 heterocycles. The predicted molar refractivity (Wildman–Crippen MR) is 138 cm³/mol. The number of hydrogen-bond acceptors (Lipinski definition) is 12. The van der Waals surface area contributed by atoms with Crippen LogP contribution in [-0.4, -0.2) is 98.8 Å². The molecular formula is C27H30N4O9. The number of Topliss-reactive ketones (excluding diaryl/α,β-unsaturated/α-hetero) is 2. The molecule has 13 heteroatoms. The van der Waals surface area contributed by atoms with Crippen molar-refractivity contribution in [1.82, 2.24) is 14.9 Å². The van der Waals surface area contributed by atoms with Gasteiger partial charge in [-0.3, -0.25) is 14.4 Å². The molecule has 0 radical (unpaired) electrons. The van der Waals surface area contributed by atoms with E-state index in [1.54, 1.807) is 20.2 Å². The average Bonchev–Trinajstić information content (AvgIpc) is 2.90. The molecule has 6 atom stereocenters. The molecule has 2 aromatic rings. The molecule has 2 saturated carbocycles. The molecule has 13 nitrogen and oxygen atoms in total. The number of carbonyl (C=O) groups is 3. The van der Waals surface area contributed by atoms with E-state index in [1.165, 1.54) is 31.4 Å². The number of ether oxygens (including phenoxy) is 2. The standard InChI is InChI=1S/C27H30N4O9/c1-31(2)19-14-8-10-7-12-11(13-9-29-26(40-4)30-25(13)39-3)5-6-15(32)17(12)20(33)16(10)22(35)27(14,38)23(36)18(21(19)34)24(28)37/h5-6,9-10,14,18-19,21,32-34,38H,7-8H2,1-4H3,(H2,28,37)/t10-,14-,18?,19-,21?,27-/m0/s1. The third-order valence-electron chi connectivity index (χ3n) is 8.37. The van der Waals surface area contributed by atoms with Crippen molar-refractivity contribution in [1.29, 1.82) is 0 Å². The van der Waals surface area contributed by atoms with E-state index >= 15 is 0 Å². The molecule has 0 saturated heterocycles. The van der Waals surface area contributed by atoms with E-state index in [0.29, 0.717) is 16.7 Å². The van der Waals surface area contributed by atoms with Crippen molar-refractivity contribution in [2.75, 3.05) is 28.3 Å². The Morgan fingerprint density at radius 1 is 1.15 bits per heavy atom. The van der Waals surface area contributed by atoms with Gasteiger partial charge in [0.25, 0.3) is 0 Å². The van der Waals surface area contributed by atoms with E-state index in [0.717, 1.165) is 0 Å². The second-order valence-electron chi connectivity index (χ2n) is 10.6. The number of benzene rings is 1. The van der Waals surface area contributed by atoms with Gasteiger partial charge in [0.1, 0.15) is 17.4 Å². The molecule has 2 fully saturated rings. The van der Waals surface area contributed by atoms with Crippen LogP contribution in [0.1, 0.15) is 17.5 Å². The molecule has 1 aromatic heterocycles. The number of methoxy groups -OCH3 is 2. The van der Waals surface area contributed by atoms with Crippen molar-refractivity contribution in [3.63, 3.8) is 0 Å². The first-order valence-electron chi connectivity index (χ1n) is 12.6. The quantitative estimate of drug-likeness (QED) is 0.300. The molecule has 5 rings (SSSR count). The number of rotatable bonds is 5. The van der Waals surface area contributed by atoms with Gasteiger partial charge in [0, 0.05) is 23.7 Å². The monoisotopic (exact) mass is 554 g/mol. The Hall–Kier alpha value is -4.07. The van der Waals surface area contributed by atoms with Crippen LogP contribution in [-0.2, 0) is 20.8 Å². The molecule has 6 N–H and O–H groups in total. The fourth-order valence-corrected chi connectivity index (χ4v) is 6.65. The first kappa shape index (κ1) is 27.5. The SMILES string of the molecule is COc1ncc(-c2ccc(O)c3c2C[C@H]2C[C@H]4[C@H](N(C)C)C(O)C(C(N)=O)C(=O)[C@@]4(O)C(=O)C2=C3O)c(OC)n1. The van der Waals surface area contributed by atoms with Crippen molar-refractivity contribution < 1.29 is 44.3 Å². The normalized spacial score (nSPS) is 29.5. The number of phenols is 1. The zero-order valence-corrected chi connectivity index (χ0v) is 22.3. The predicted octanol–water partition coefficient (Wildman–Crippen LogP) is -0.397. The van der Waals surface area contributed by atoms with Gasteiger partial charge in [-0.15, -0.1) is 0 Å². The maximum Gasteiger partial charge on any atom is 0.319 e. The molecule has 1 amide bonds. The average molecular weight is 555 g/mol. The number of aliphatic hydroxyl groups is 3. The van der Waals surface area contributed by atoms with Crippen molar-refractivity contribution in [2.24, 2.45) is 23.5 Å². The number of fused-ring (bicyclic) bond motifs is 3. The summed E-state index contributed by atoms with van der Waals surface area (Å²) in [5, 5.41) is 44.9. The Balaban J connectivity index is 1.71. The Morgan fingerprint density at radius 2 is 1.85 bits per heavy atom. The van der Waals surface area contributed by atoms with Gasteiger partial charge in [0.2, 0.25) is 17.6 Å². The first-order chi connectivity index (χ1) is 18.9. The minimum atomic E-state index is -2.72. The highest BCUT2D eigenvalue weighted by Crippen LogP contribution is 2.53. The first-order valence-corrected chi connectivity index (χ1v) is 12.6. The maximum atomic E-state index is 14.0. The van der Waals surface area contributed by atoms with Crippen molar-refractivity contribution in [2.45, 2.75) is 30.6 Å². The number of carbonyl (C=O) groups excluding carboxylic acids is 3. The van der Waals surface area contributed by atoms with E-state index in [2.05, 4.69) is 9.97 Å². The zero-order chi connectivity index (χ0) is 29.3. The fraction of sp³-hybridized carbons (Fsp3) is 0.444. The second kappa shape index (κ2) is 9.54. The highest BCUT2D eigenvalue weighted by atomic mass is 16.5. The molecule has 0 bridgehead atoms. The molecular weight excluding hydrogens is 524 g/mol. The summed E-state index contributed by atoms with van der Waals surface area (Å²) in [4.78, 5) is 49.4.